The van der Waals surface area contributed by atoms with Crippen molar-refractivity contribution in [3.63, 3.8) is 0 Å². The Balaban J connectivity index is 1.86. The second kappa shape index (κ2) is 4.49. The van der Waals surface area contributed by atoms with Crippen LogP contribution in [0.1, 0.15) is 31.4 Å². The number of ether oxygens (including phenoxy) is 1. The molecule has 2 aliphatic rings. The molecule has 1 aromatic carbocycles. The lowest BCUT2D eigenvalue weighted by molar-refractivity contribution is -0.0923. The van der Waals surface area contributed by atoms with Crippen LogP contribution in [0.5, 0.6) is 0 Å². The van der Waals surface area contributed by atoms with Crippen molar-refractivity contribution in [2.45, 2.75) is 46.3 Å². The second-order valence-corrected chi connectivity index (χ2v) is 7.52. The van der Waals surface area contributed by atoms with Gasteiger partial charge in [-0.15, -0.1) is 0 Å². The highest BCUT2D eigenvalue weighted by atomic mass is 79.9. The molecule has 2 nitrogen and oxygen atoms in total. The number of halogens is 1. The zero-order chi connectivity index (χ0) is 13.8. The normalized spacial score (nSPS) is 31.7. The number of hydrogen-bond acceptors (Lipinski definition) is 2. The molecule has 1 heterocycles. The van der Waals surface area contributed by atoms with Gasteiger partial charge in [0.1, 0.15) is 0 Å². The van der Waals surface area contributed by atoms with Gasteiger partial charge in [-0.05, 0) is 43.5 Å². The summed E-state index contributed by atoms with van der Waals surface area (Å²) in [5.74, 6) is 0.678. The van der Waals surface area contributed by atoms with Gasteiger partial charge in [0.05, 0.1) is 6.10 Å². The average Bonchev–Trinajstić information content (AvgIpc) is 2.74. The van der Waals surface area contributed by atoms with Crippen LogP contribution in [-0.2, 0) is 4.74 Å². The number of aryl methyl sites for hydroxylation is 2. The fourth-order valence-corrected chi connectivity index (χ4v) is 4.60. The van der Waals surface area contributed by atoms with Gasteiger partial charge in [-0.25, -0.2) is 0 Å². The number of hydrogen-bond donors (Lipinski definition) is 1. The largest absolute Gasteiger partial charge is 0.381 e. The Morgan fingerprint density at radius 1 is 1.26 bits per heavy atom. The first-order chi connectivity index (χ1) is 8.91. The Bertz CT molecular complexity index is 488. The van der Waals surface area contributed by atoms with Crippen molar-refractivity contribution < 1.29 is 4.74 Å². The van der Waals surface area contributed by atoms with E-state index in [1.54, 1.807) is 0 Å². The van der Waals surface area contributed by atoms with Gasteiger partial charge in [0.15, 0.2) is 0 Å². The van der Waals surface area contributed by atoms with Crippen LogP contribution in [0.4, 0.5) is 5.69 Å². The van der Waals surface area contributed by atoms with Crippen LogP contribution in [-0.4, -0.2) is 18.8 Å². The molecular weight excluding hydrogens is 302 g/mol. The van der Waals surface area contributed by atoms with Crippen LogP contribution in [0.3, 0.4) is 0 Å². The molecule has 0 amide bonds. The van der Waals surface area contributed by atoms with Crippen LogP contribution in [0.15, 0.2) is 16.6 Å². The summed E-state index contributed by atoms with van der Waals surface area (Å²) in [5, 5.41) is 3.80. The molecule has 0 bridgehead atoms. The van der Waals surface area contributed by atoms with E-state index in [0.29, 0.717) is 18.1 Å². The number of benzene rings is 1. The Hall–Kier alpha value is -0.540. The fraction of sp³-hybridized carbons (Fsp3) is 0.625. The van der Waals surface area contributed by atoms with Crippen LogP contribution in [0, 0.1) is 25.2 Å². The minimum absolute atomic E-state index is 0.229. The maximum Gasteiger partial charge on any atom is 0.0694 e. The zero-order valence-electron chi connectivity index (χ0n) is 12.1. The minimum atomic E-state index is 0.229. The van der Waals surface area contributed by atoms with E-state index in [1.807, 2.05) is 0 Å². The first-order valence-corrected chi connectivity index (χ1v) is 7.85. The van der Waals surface area contributed by atoms with Crippen molar-refractivity contribution in [2.75, 3.05) is 11.9 Å². The zero-order valence-corrected chi connectivity index (χ0v) is 13.7. The van der Waals surface area contributed by atoms with E-state index in [4.69, 9.17) is 4.74 Å². The highest BCUT2D eigenvalue weighted by molar-refractivity contribution is 9.10. The summed E-state index contributed by atoms with van der Waals surface area (Å²) in [6.07, 6.45) is 1.64. The first-order valence-electron chi connectivity index (χ1n) is 7.06. The molecule has 1 N–H and O–H groups in total. The number of anilines is 1. The SMILES string of the molecule is Cc1cc(Br)cc(C)c1NC1C2CCOC2C1(C)C. The average molecular weight is 324 g/mol. The molecule has 0 aromatic heterocycles. The summed E-state index contributed by atoms with van der Waals surface area (Å²) in [5.41, 5.74) is 4.15. The summed E-state index contributed by atoms with van der Waals surface area (Å²) in [7, 11) is 0. The molecule has 3 rings (SSSR count). The van der Waals surface area contributed by atoms with Gasteiger partial charge < -0.3 is 10.1 Å². The predicted molar refractivity (Wildman–Crippen MR) is 82.7 cm³/mol. The maximum absolute atomic E-state index is 5.87. The second-order valence-electron chi connectivity index (χ2n) is 6.60. The third-order valence-electron chi connectivity index (χ3n) is 4.90. The van der Waals surface area contributed by atoms with E-state index in [0.717, 1.165) is 11.1 Å². The third kappa shape index (κ3) is 2.02. The van der Waals surface area contributed by atoms with Crippen molar-refractivity contribution in [2.24, 2.45) is 11.3 Å². The van der Waals surface area contributed by atoms with Crippen LogP contribution in [0.25, 0.3) is 0 Å². The molecule has 1 saturated carbocycles. The van der Waals surface area contributed by atoms with E-state index in [1.165, 1.54) is 23.2 Å². The number of nitrogens with one attached hydrogen (secondary N) is 1. The highest BCUT2D eigenvalue weighted by Gasteiger charge is 2.59. The molecule has 3 atom stereocenters. The highest BCUT2D eigenvalue weighted by Crippen LogP contribution is 2.53. The van der Waals surface area contributed by atoms with E-state index in [9.17, 15) is 0 Å². The molecule has 0 spiro atoms. The molecule has 3 unspecified atom stereocenters. The summed E-state index contributed by atoms with van der Waals surface area (Å²) >= 11 is 3.56. The Kier molecular flexibility index (Phi) is 3.18. The number of rotatable bonds is 2. The predicted octanol–water partition coefficient (Wildman–Crippen LogP) is 4.29. The maximum atomic E-state index is 5.87. The van der Waals surface area contributed by atoms with E-state index >= 15 is 0 Å². The Labute approximate surface area is 124 Å². The monoisotopic (exact) mass is 323 g/mol. The molecule has 104 valence electrons. The summed E-state index contributed by atoms with van der Waals surface area (Å²) in [6, 6.07) is 4.89. The summed E-state index contributed by atoms with van der Waals surface area (Å²) < 4.78 is 7.02. The quantitative estimate of drug-likeness (QED) is 0.876. The van der Waals surface area contributed by atoms with Crippen molar-refractivity contribution in [1.82, 2.24) is 0 Å². The van der Waals surface area contributed by atoms with Gasteiger partial charge in [0, 0.05) is 34.1 Å². The number of fused-ring (bicyclic) bond motifs is 1. The summed E-state index contributed by atoms with van der Waals surface area (Å²) in [6.45, 7) is 9.92. The van der Waals surface area contributed by atoms with Crippen molar-refractivity contribution in [3.05, 3.63) is 27.7 Å². The van der Waals surface area contributed by atoms with Gasteiger partial charge >= 0.3 is 0 Å². The molecule has 1 aromatic rings. The van der Waals surface area contributed by atoms with Crippen molar-refractivity contribution in [3.8, 4) is 0 Å². The van der Waals surface area contributed by atoms with E-state index in [2.05, 4.69) is 61.1 Å². The molecule has 1 saturated heterocycles. The van der Waals surface area contributed by atoms with Gasteiger partial charge in [-0.3, -0.25) is 0 Å². The van der Waals surface area contributed by atoms with E-state index < -0.39 is 0 Å². The van der Waals surface area contributed by atoms with Crippen LogP contribution >= 0.6 is 15.9 Å². The molecular formula is C16H22BrNO. The summed E-state index contributed by atoms with van der Waals surface area (Å²) in [4.78, 5) is 0. The molecule has 3 heteroatoms. The topological polar surface area (TPSA) is 21.3 Å². The lowest BCUT2D eigenvalue weighted by Gasteiger charge is -2.55. The van der Waals surface area contributed by atoms with E-state index in [-0.39, 0.29) is 5.41 Å². The fourth-order valence-electron chi connectivity index (χ4n) is 3.91. The minimum Gasteiger partial charge on any atom is -0.381 e. The molecule has 0 radical (unpaired) electrons. The standard InChI is InChI=1S/C16H22BrNO/c1-9-7-11(17)8-10(2)13(9)18-14-12-5-6-19-15(12)16(14,3)4/h7-8,12,14-15,18H,5-6H2,1-4H3. The van der Waals surface area contributed by atoms with Gasteiger partial charge in [-0.2, -0.15) is 0 Å². The van der Waals surface area contributed by atoms with Gasteiger partial charge in [-0.1, -0.05) is 29.8 Å². The smallest absolute Gasteiger partial charge is 0.0694 e. The Morgan fingerprint density at radius 3 is 2.53 bits per heavy atom. The van der Waals surface area contributed by atoms with Crippen molar-refractivity contribution >= 4 is 21.6 Å². The molecule has 2 fully saturated rings. The third-order valence-corrected chi connectivity index (χ3v) is 5.36. The van der Waals surface area contributed by atoms with Gasteiger partial charge in [0.25, 0.3) is 0 Å². The van der Waals surface area contributed by atoms with Crippen LogP contribution < -0.4 is 5.32 Å². The lowest BCUT2D eigenvalue weighted by atomic mass is 9.57. The lowest BCUT2D eigenvalue weighted by Crippen LogP contribution is -2.63. The molecule has 1 aliphatic heterocycles. The Morgan fingerprint density at radius 2 is 1.89 bits per heavy atom. The first kappa shape index (κ1) is 13.4. The van der Waals surface area contributed by atoms with Crippen LogP contribution in [0.2, 0.25) is 0 Å². The van der Waals surface area contributed by atoms with Gasteiger partial charge in [0.2, 0.25) is 0 Å². The molecule has 19 heavy (non-hydrogen) atoms. The van der Waals surface area contributed by atoms with Crippen molar-refractivity contribution in [1.29, 1.82) is 0 Å². The molecule has 1 aliphatic carbocycles.